The Hall–Kier alpha value is -3.12. The Balaban J connectivity index is 2.28. The van der Waals surface area contributed by atoms with Crippen LogP contribution in [0.15, 0.2) is 54.6 Å². The van der Waals surface area contributed by atoms with Gasteiger partial charge in [0, 0.05) is 6.08 Å². The zero-order valence-electron chi connectivity index (χ0n) is 13.8. The molecule has 0 saturated heterocycles. The number of hydrogen-bond acceptors (Lipinski definition) is 4. The zero-order valence-corrected chi connectivity index (χ0v) is 13.8. The molecule has 25 heavy (non-hydrogen) atoms. The van der Waals surface area contributed by atoms with Gasteiger partial charge in [0.2, 0.25) is 6.41 Å². The van der Waals surface area contributed by atoms with E-state index in [-0.39, 0.29) is 6.04 Å². The maximum atomic E-state index is 11.1. The normalized spacial score (nSPS) is 11.8. The summed E-state index contributed by atoms with van der Waals surface area (Å²) < 4.78 is 5.43. The molecule has 2 amide bonds. The van der Waals surface area contributed by atoms with E-state index in [0.29, 0.717) is 13.0 Å². The standard InChI is InChI=1S/C19H20N2O4/c1-2-25-17-9-7-15(8-10-17)19(20-13-22)16-5-3-4-14(12-16)6-11-18(23)21-24/h3-13,19,24H,2H2,1H3,(H,20,22)(H,21,23)/b11-6+. The monoisotopic (exact) mass is 340 g/mol. The van der Waals surface area contributed by atoms with E-state index >= 15 is 0 Å². The molecule has 0 bridgehead atoms. The van der Waals surface area contributed by atoms with Crippen molar-refractivity contribution >= 4 is 18.4 Å². The molecule has 0 fully saturated rings. The third kappa shape index (κ3) is 5.19. The Kier molecular flexibility index (Phi) is 6.74. The molecule has 130 valence electrons. The molecule has 1 atom stereocenters. The minimum atomic E-state index is -0.612. The Morgan fingerprint density at radius 1 is 1.20 bits per heavy atom. The van der Waals surface area contributed by atoms with Crippen LogP contribution in [-0.4, -0.2) is 24.1 Å². The van der Waals surface area contributed by atoms with E-state index in [1.54, 1.807) is 6.08 Å². The van der Waals surface area contributed by atoms with Gasteiger partial charge in [-0.25, -0.2) is 5.48 Å². The van der Waals surface area contributed by atoms with Crippen LogP contribution in [0.25, 0.3) is 6.08 Å². The van der Waals surface area contributed by atoms with Gasteiger partial charge in [-0.05, 0) is 47.9 Å². The Bertz CT molecular complexity index is 741. The van der Waals surface area contributed by atoms with Crippen molar-refractivity contribution < 1.29 is 19.5 Å². The highest BCUT2D eigenvalue weighted by atomic mass is 16.5. The van der Waals surface area contributed by atoms with Crippen molar-refractivity contribution in [1.29, 1.82) is 0 Å². The second-order valence-electron chi connectivity index (χ2n) is 5.20. The SMILES string of the molecule is CCOc1ccc(C(NC=O)c2cccc(/C=C/C(=O)NO)c2)cc1. The fourth-order valence-electron chi connectivity index (χ4n) is 2.43. The number of hydrogen-bond donors (Lipinski definition) is 3. The lowest BCUT2D eigenvalue weighted by Crippen LogP contribution is -2.20. The largest absolute Gasteiger partial charge is 0.494 e. The van der Waals surface area contributed by atoms with Crippen molar-refractivity contribution in [3.8, 4) is 5.75 Å². The van der Waals surface area contributed by atoms with Gasteiger partial charge in [0.05, 0.1) is 12.6 Å². The van der Waals surface area contributed by atoms with Crippen LogP contribution < -0.4 is 15.5 Å². The molecule has 0 heterocycles. The summed E-state index contributed by atoms with van der Waals surface area (Å²) >= 11 is 0. The molecule has 2 rings (SSSR count). The molecule has 0 aliphatic carbocycles. The van der Waals surface area contributed by atoms with Gasteiger partial charge in [0.25, 0.3) is 5.91 Å². The van der Waals surface area contributed by atoms with Crippen LogP contribution in [0.2, 0.25) is 0 Å². The van der Waals surface area contributed by atoms with E-state index in [1.807, 2.05) is 55.5 Å². The average Bonchev–Trinajstić information content (AvgIpc) is 2.65. The average molecular weight is 340 g/mol. The lowest BCUT2D eigenvalue weighted by Gasteiger charge is -2.18. The van der Waals surface area contributed by atoms with Crippen molar-refractivity contribution in [3.05, 3.63) is 71.3 Å². The molecular weight excluding hydrogens is 320 g/mol. The van der Waals surface area contributed by atoms with Crippen LogP contribution >= 0.6 is 0 Å². The minimum Gasteiger partial charge on any atom is -0.494 e. The third-order valence-electron chi connectivity index (χ3n) is 3.54. The number of carbonyl (C=O) groups is 2. The molecule has 0 radical (unpaired) electrons. The Morgan fingerprint density at radius 3 is 2.60 bits per heavy atom. The van der Waals surface area contributed by atoms with E-state index in [0.717, 1.165) is 22.4 Å². The number of hydroxylamine groups is 1. The molecule has 6 nitrogen and oxygen atoms in total. The highest BCUT2D eigenvalue weighted by molar-refractivity contribution is 5.90. The number of rotatable bonds is 8. The van der Waals surface area contributed by atoms with Gasteiger partial charge in [0.15, 0.2) is 0 Å². The van der Waals surface area contributed by atoms with Crippen LogP contribution in [0.1, 0.15) is 29.7 Å². The summed E-state index contributed by atoms with van der Waals surface area (Å²) in [4.78, 5) is 22.1. The third-order valence-corrected chi connectivity index (χ3v) is 3.54. The lowest BCUT2D eigenvalue weighted by atomic mass is 9.97. The van der Waals surface area contributed by atoms with Crippen molar-refractivity contribution in [3.63, 3.8) is 0 Å². The van der Waals surface area contributed by atoms with Gasteiger partial charge in [-0.3, -0.25) is 14.8 Å². The topological polar surface area (TPSA) is 87.7 Å². The smallest absolute Gasteiger partial charge is 0.267 e. The van der Waals surface area contributed by atoms with E-state index in [2.05, 4.69) is 5.32 Å². The van der Waals surface area contributed by atoms with Crippen molar-refractivity contribution in [2.75, 3.05) is 6.61 Å². The molecule has 2 aromatic carbocycles. The van der Waals surface area contributed by atoms with E-state index in [4.69, 9.17) is 9.94 Å². The fraction of sp³-hybridized carbons (Fsp3) is 0.158. The van der Waals surface area contributed by atoms with Crippen LogP contribution in [0.4, 0.5) is 0 Å². The molecule has 2 aromatic rings. The van der Waals surface area contributed by atoms with Crippen LogP contribution in [0.5, 0.6) is 5.75 Å². The first-order valence-electron chi connectivity index (χ1n) is 7.82. The summed E-state index contributed by atoms with van der Waals surface area (Å²) in [5.41, 5.74) is 4.08. The fourth-order valence-corrected chi connectivity index (χ4v) is 2.43. The molecule has 3 N–H and O–H groups in total. The predicted molar refractivity (Wildman–Crippen MR) is 94.1 cm³/mol. The van der Waals surface area contributed by atoms with Gasteiger partial charge < -0.3 is 10.1 Å². The van der Waals surface area contributed by atoms with E-state index in [9.17, 15) is 9.59 Å². The molecule has 0 aromatic heterocycles. The van der Waals surface area contributed by atoms with Crippen molar-refractivity contribution in [2.45, 2.75) is 13.0 Å². The van der Waals surface area contributed by atoms with E-state index in [1.165, 1.54) is 11.6 Å². The maximum Gasteiger partial charge on any atom is 0.267 e. The molecular formula is C19H20N2O4. The van der Waals surface area contributed by atoms with Gasteiger partial charge in [-0.1, -0.05) is 30.3 Å². The zero-order chi connectivity index (χ0) is 18.1. The van der Waals surface area contributed by atoms with E-state index < -0.39 is 5.91 Å². The first-order valence-corrected chi connectivity index (χ1v) is 7.82. The quantitative estimate of drug-likeness (QED) is 0.298. The van der Waals surface area contributed by atoms with Gasteiger partial charge in [-0.2, -0.15) is 0 Å². The van der Waals surface area contributed by atoms with Crippen LogP contribution in [-0.2, 0) is 9.59 Å². The molecule has 1 unspecified atom stereocenters. The summed E-state index contributed by atoms with van der Waals surface area (Å²) in [6.45, 7) is 2.51. The predicted octanol–water partition coefficient (Wildman–Crippen LogP) is 2.44. The number of carbonyl (C=O) groups excluding carboxylic acids is 2. The number of benzene rings is 2. The molecule has 0 aliphatic heterocycles. The first-order chi connectivity index (χ1) is 12.2. The summed E-state index contributed by atoms with van der Waals surface area (Å²) in [5.74, 6) is 0.155. The summed E-state index contributed by atoms with van der Waals surface area (Å²) in [6, 6.07) is 14.6. The maximum absolute atomic E-state index is 11.1. The second-order valence-corrected chi connectivity index (χ2v) is 5.20. The molecule has 6 heteroatoms. The Morgan fingerprint density at radius 2 is 1.96 bits per heavy atom. The number of nitrogens with one attached hydrogen (secondary N) is 2. The van der Waals surface area contributed by atoms with Crippen LogP contribution in [0, 0.1) is 0 Å². The summed E-state index contributed by atoms with van der Waals surface area (Å²) in [6.07, 6.45) is 3.45. The highest BCUT2D eigenvalue weighted by Gasteiger charge is 2.13. The molecule has 0 aliphatic rings. The number of ether oxygens (including phenoxy) is 1. The lowest BCUT2D eigenvalue weighted by molar-refractivity contribution is -0.124. The van der Waals surface area contributed by atoms with Crippen LogP contribution in [0.3, 0.4) is 0 Å². The number of amides is 2. The summed E-state index contributed by atoms with van der Waals surface area (Å²) in [5, 5.41) is 11.3. The highest BCUT2D eigenvalue weighted by Crippen LogP contribution is 2.25. The van der Waals surface area contributed by atoms with Gasteiger partial charge in [-0.15, -0.1) is 0 Å². The van der Waals surface area contributed by atoms with Crippen molar-refractivity contribution in [1.82, 2.24) is 10.8 Å². The van der Waals surface area contributed by atoms with Gasteiger partial charge in [0.1, 0.15) is 5.75 Å². The first kappa shape index (κ1) is 18.2. The molecule has 0 spiro atoms. The minimum absolute atomic E-state index is 0.326. The summed E-state index contributed by atoms with van der Waals surface area (Å²) in [7, 11) is 0. The Labute approximate surface area is 146 Å². The molecule has 0 saturated carbocycles. The second kappa shape index (κ2) is 9.24. The van der Waals surface area contributed by atoms with Crippen molar-refractivity contribution in [2.24, 2.45) is 0 Å². The van der Waals surface area contributed by atoms with Gasteiger partial charge >= 0.3 is 0 Å².